The monoisotopic (exact) mass is 468 g/mol. The number of nitrogens with one attached hydrogen (secondary N) is 1. The molecule has 9 heteroatoms. The topological polar surface area (TPSA) is 88.3 Å². The number of H-pyrrole nitrogens is 1. The van der Waals surface area contributed by atoms with Crippen LogP contribution in [0.5, 0.6) is 11.5 Å². The number of pyridine rings is 1. The molecule has 0 aliphatic heterocycles. The summed E-state index contributed by atoms with van der Waals surface area (Å²) in [6.07, 6.45) is 1.92. The van der Waals surface area contributed by atoms with Gasteiger partial charge in [0.2, 0.25) is 0 Å². The van der Waals surface area contributed by atoms with Crippen LogP contribution in [-0.4, -0.2) is 35.3 Å². The minimum atomic E-state index is -0.931. The van der Waals surface area contributed by atoms with Crippen molar-refractivity contribution < 1.29 is 23.9 Å². The van der Waals surface area contributed by atoms with Crippen LogP contribution in [0.15, 0.2) is 59.6 Å². The predicted octanol–water partition coefficient (Wildman–Crippen LogP) is 4.80. The normalized spacial score (nSPS) is 11.0. The summed E-state index contributed by atoms with van der Waals surface area (Å²) >= 11 is 0. The van der Waals surface area contributed by atoms with Crippen molar-refractivity contribution in [1.82, 2.24) is 9.97 Å². The lowest BCUT2D eigenvalue weighted by Crippen LogP contribution is -2.37. The van der Waals surface area contributed by atoms with Crippen LogP contribution in [0.1, 0.15) is 21.6 Å². The van der Waals surface area contributed by atoms with E-state index in [1.807, 2.05) is 54.1 Å². The van der Waals surface area contributed by atoms with Gasteiger partial charge in [0.05, 0.1) is 31.7 Å². The SMILES string of the molecule is COc1ccc2nc(-[n+]3ccc(OC)c(C)c3CSSc3ccccc3C(=O)O)[nH]c2c1. The smallest absolute Gasteiger partial charge is 0.402 e. The van der Waals surface area contributed by atoms with Gasteiger partial charge in [-0.3, -0.25) is 0 Å². The molecule has 2 heterocycles. The molecule has 0 aliphatic carbocycles. The van der Waals surface area contributed by atoms with E-state index in [0.717, 1.165) is 33.8 Å². The van der Waals surface area contributed by atoms with Gasteiger partial charge in [0.1, 0.15) is 22.7 Å². The number of carboxylic acids is 1. The second kappa shape index (κ2) is 9.54. The van der Waals surface area contributed by atoms with E-state index in [2.05, 4.69) is 4.98 Å². The summed E-state index contributed by atoms with van der Waals surface area (Å²) in [5, 5.41) is 9.43. The van der Waals surface area contributed by atoms with Crippen LogP contribution in [0, 0.1) is 6.92 Å². The van der Waals surface area contributed by atoms with Gasteiger partial charge in [0, 0.05) is 22.6 Å². The number of nitrogens with zero attached hydrogens (tertiary/aromatic N) is 2. The summed E-state index contributed by atoms with van der Waals surface area (Å²) < 4.78 is 12.8. The van der Waals surface area contributed by atoms with Crippen LogP contribution >= 0.6 is 21.6 Å². The van der Waals surface area contributed by atoms with Crippen molar-refractivity contribution in [2.75, 3.05) is 14.2 Å². The summed E-state index contributed by atoms with van der Waals surface area (Å²) in [5.41, 5.74) is 4.01. The maximum absolute atomic E-state index is 11.5. The molecule has 2 N–H and O–H groups in total. The number of aromatic amines is 1. The number of hydrogen-bond donors (Lipinski definition) is 2. The molecule has 0 bridgehead atoms. The number of benzene rings is 2. The highest BCUT2D eigenvalue weighted by Crippen LogP contribution is 2.36. The van der Waals surface area contributed by atoms with Crippen molar-refractivity contribution in [2.24, 2.45) is 0 Å². The van der Waals surface area contributed by atoms with E-state index in [-0.39, 0.29) is 0 Å². The van der Waals surface area contributed by atoms with Gasteiger partial charge in [0.25, 0.3) is 0 Å². The van der Waals surface area contributed by atoms with Gasteiger partial charge in [-0.1, -0.05) is 38.7 Å². The molecule has 0 saturated heterocycles. The average molecular weight is 469 g/mol. The largest absolute Gasteiger partial charge is 0.497 e. The zero-order valence-electron chi connectivity index (χ0n) is 17.8. The zero-order chi connectivity index (χ0) is 22.7. The Labute approximate surface area is 193 Å². The zero-order valence-corrected chi connectivity index (χ0v) is 19.4. The first-order valence-electron chi connectivity index (χ1n) is 9.76. The second-order valence-corrected chi connectivity index (χ2v) is 9.25. The Morgan fingerprint density at radius 2 is 1.97 bits per heavy atom. The van der Waals surface area contributed by atoms with Gasteiger partial charge in [-0.2, -0.15) is 0 Å². The highest BCUT2D eigenvalue weighted by Gasteiger charge is 2.21. The molecule has 0 atom stereocenters. The fraction of sp³-hybridized carbons (Fsp3) is 0.174. The standard InChI is InChI=1S/C23H21N3O4S2/c1-14-19(13-31-32-21-7-5-4-6-16(21)22(27)28)26(11-10-20(14)30-3)23-24-17-9-8-15(29-2)12-18(17)25-23/h4-12H,13H2,1-3H3,(H-,24,25,27,28)/p+1. The quantitative estimate of drug-likeness (QED) is 0.284. The third-order valence-corrected chi connectivity index (χ3v) is 7.35. The fourth-order valence-electron chi connectivity index (χ4n) is 3.36. The van der Waals surface area contributed by atoms with E-state index in [1.165, 1.54) is 10.8 Å². The Morgan fingerprint density at radius 3 is 2.72 bits per heavy atom. The molecule has 0 radical (unpaired) electrons. The first-order chi connectivity index (χ1) is 15.5. The van der Waals surface area contributed by atoms with Gasteiger partial charge in [-0.05, 0) is 31.2 Å². The Bertz CT molecular complexity index is 1290. The molecule has 164 valence electrons. The number of imidazole rings is 1. The van der Waals surface area contributed by atoms with E-state index >= 15 is 0 Å². The van der Waals surface area contributed by atoms with Crippen LogP contribution in [0.3, 0.4) is 0 Å². The van der Waals surface area contributed by atoms with Crippen molar-refractivity contribution >= 4 is 38.6 Å². The summed E-state index contributed by atoms with van der Waals surface area (Å²) in [6, 6.07) is 14.6. The third kappa shape index (κ3) is 4.39. The van der Waals surface area contributed by atoms with Gasteiger partial charge in [-0.15, -0.1) is 0 Å². The minimum Gasteiger partial charge on any atom is -0.497 e. The van der Waals surface area contributed by atoms with Gasteiger partial charge >= 0.3 is 11.9 Å². The summed E-state index contributed by atoms with van der Waals surface area (Å²) in [5.74, 6) is 1.91. The number of rotatable bonds is 8. The molecule has 32 heavy (non-hydrogen) atoms. The maximum Gasteiger partial charge on any atom is 0.402 e. The van der Waals surface area contributed by atoms with Crippen LogP contribution in [0.4, 0.5) is 0 Å². The number of carbonyl (C=O) groups is 1. The third-order valence-electron chi connectivity index (χ3n) is 5.05. The van der Waals surface area contributed by atoms with Gasteiger partial charge in [-0.25, -0.2) is 14.3 Å². The molecule has 0 spiro atoms. The lowest BCUT2D eigenvalue weighted by Gasteiger charge is -2.12. The Hall–Kier alpha value is -3.17. The van der Waals surface area contributed by atoms with Crippen molar-refractivity contribution in [3.63, 3.8) is 0 Å². The first kappa shape index (κ1) is 22.0. The number of ether oxygens (including phenoxy) is 2. The van der Waals surface area contributed by atoms with Crippen molar-refractivity contribution in [1.29, 1.82) is 0 Å². The molecular weight excluding hydrogens is 446 g/mol. The second-order valence-electron chi connectivity index (χ2n) is 6.92. The molecule has 4 aromatic rings. The number of aromatic nitrogens is 3. The molecule has 0 fully saturated rings. The van der Waals surface area contributed by atoms with Crippen molar-refractivity contribution in [3.8, 4) is 17.4 Å². The van der Waals surface area contributed by atoms with Crippen LogP contribution < -0.4 is 14.0 Å². The van der Waals surface area contributed by atoms with Crippen LogP contribution in [0.2, 0.25) is 0 Å². The molecule has 0 unspecified atom stereocenters. The summed E-state index contributed by atoms with van der Waals surface area (Å²) in [6.45, 7) is 2.01. The van der Waals surface area contributed by atoms with Crippen LogP contribution in [0.25, 0.3) is 17.0 Å². The van der Waals surface area contributed by atoms with Crippen molar-refractivity contribution in [2.45, 2.75) is 17.6 Å². The fourth-order valence-corrected chi connectivity index (χ4v) is 5.72. The molecule has 2 aromatic heterocycles. The van der Waals surface area contributed by atoms with E-state index in [1.54, 1.807) is 37.1 Å². The highest BCUT2D eigenvalue weighted by atomic mass is 33.1. The van der Waals surface area contributed by atoms with Gasteiger partial charge in [0.15, 0.2) is 5.52 Å². The summed E-state index contributed by atoms with van der Waals surface area (Å²) in [7, 11) is 6.28. The van der Waals surface area contributed by atoms with E-state index in [0.29, 0.717) is 22.2 Å². The molecular formula is C23H22N3O4S2+. The summed E-state index contributed by atoms with van der Waals surface area (Å²) in [4.78, 5) is 20.3. The predicted molar refractivity (Wildman–Crippen MR) is 126 cm³/mol. The molecule has 4 rings (SSSR count). The molecule has 7 nitrogen and oxygen atoms in total. The number of hydrogen-bond acceptors (Lipinski definition) is 6. The molecule has 0 amide bonds. The molecule has 0 aliphatic rings. The van der Waals surface area contributed by atoms with E-state index in [4.69, 9.17) is 14.5 Å². The lowest BCUT2D eigenvalue weighted by atomic mass is 10.2. The maximum atomic E-state index is 11.5. The number of carboxylic acid groups (broad SMARTS) is 1. The minimum absolute atomic E-state index is 0.298. The Morgan fingerprint density at radius 1 is 1.16 bits per heavy atom. The first-order valence-corrected chi connectivity index (χ1v) is 12.1. The highest BCUT2D eigenvalue weighted by molar-refractivity contribution is 8.76. The van der Waals surface area contributed by atoms with E-state index in [9.17, 15) is 9.90 Å². The average Bonchev–Trinajstić information content (AvgIpc) is 3.23. The Balaban J connectivity index is 1.67. The van der Waals surface area contributed by atoms with Gasteiger partial charge < -0.3 is 14.6 Å². The lowest BCUT2D eigenvalue weighted by molar-refractivity contribution is -0.610. The Kier molecular flexibility index (Phi) is 6.57. The van der Waals surface area contributed by atoms with E-state index < -0.39 is 5.97 Å². The molecule has 0 saturated carbocycles. The molecule has 2 aromatic carbocycles. The number of fused-ring (bicyclic) bond motifs is 1. The number of aromatic carboxylic acids is 1. The van der Waals surface area contributed by atoms with Crippen molar-refractivity contribution in [3.05, 3.63) is 71.5 Å². The van der Waals surface area contributed by atoms with Crippen LogP contribution in [-0.2, 0) is 5.75 Å². The number of methoxy groups -OCH3 is 2.